The summed E-state index contributed by atoms with van der Waals surface area (Å²) >= 11 is 0. The van der Waals surface area contributed by atoms with E-state index >= 15 is 0 Å². The molecular formula is C31H51ClN6O10. The molecule has 4 rings (SSSR count). The minimum Gasteiger partial charge on any atom is -0.466 e. The monoisotopic (exact) mass is 702 g/mol. The van der Waals surface area contributed by atoms with Crippen LogP contribution in [0.3, 0.4) is 0 Å². The molecular weight excluding hydrogens is 652 g/mol. The number of fused-ring (bicyclic) bond motifs is 2. The smallest absolute Gasteiger partial charge is 0.410 e. The molecule has 4 aliphatic heterocycles. The van der Waals surface area contributed by atoms with E-state index in [2.05, 4.69) is 5.32 Å². The summed E-state index contributed by atoms with van der Waals surface area (Å²) in [6, 6.07) is -1.93. The normalized spacial score (nSPS) is 21.2. The molecule has 17 heteroatoms. The highest BCUT2D eigenvalue weighted by atomic mass is 35.5. The molecule has 7 amide bonds. The Kier molecular flexibility index (Phi) is 13.3. The summed E-state index contributed by atoms with van der Waals surface area (Å²) < 4.78 is 15.4. The van der Waals surface area contributed by atoms with Gasteiger partial charge in [0.1, 0.15) is 17.7 Å². The minimum absolute atomic E-state index is 0. The molecule has 272 valence electrons. The molecule has 48 heavy (non-hydrogen) atoms. The Balaban J connectivity index is 0.000000340. The van der Waals surface area contributed by atoms with Gasteiger partial charge in [-0.1, -0.05) is 0 Å². The third-order valence-electron chi connectivity index (χ3n) is 8.09. The van der Waals surface area contributed by atoms with E-state index in [1.807, 2.05) is 0 Å². The number of hydrogen-bond donors (Lipinski definition) is 1. The molecule has 0 saturated carbocycles. The van der Waals surface area contributed by atoms with Crippen molar-refractivity contribution in [3.8, 4) is 0 Å². The lowest BCUT2D eigenvalue weighted by atomic mass is 9.93. The molecule has 4 aliphatic rings. The summed E-state index contributed by atoms with van der Waals surface area (Å²) in [5.41, 5.74) is -2.55. The van der Waals surface area contributed by atoms with Crippen molar-refractivity contribution in [2.45, 2.75) is 80.0 Å². The minimum atomic E-state index is -1.01. The van der Waals surface area contributed by atoms with Crippen molar-refractivity contribution < 1.29 is 47.8 Å². The van der Waals surface area contributed by atoms with Crippen LogP contribution in [-0.4, -0.2) is 150 Å². The van der Waals surface area contributed by atoms with Crippen LogP contribution in [0, 0.1) is 10.8 Å². The zero-order valence-corrected chi connectivity index (χ0v) is 30.3. The second-order valence-corrected chi connectivity index (χ2v) is 14.2. The summed E-state index contributed by atoms with van der Waals surface area (Å²) in [4.78, 5) is 93.0. The number of esters is 2. The van der Waals surface area contributed by atoms with Gasteiger partial charge in [0, 0.05) is 45.8 Å². The number of amides is 7. The van der Waals surface area contributed by atoms with Gasteiger partial charge in [0.2, 0.25) is 0 Å². The van der Waals surface area contributed by atoms with E-state index in [0.717, 1.165) is 4.90 Å². The molecule has 0 bridgehead atoms. The molecule has 0 aromatic carbocycles. The number of rotatable bonds is 8. The number of carbonyl (C=O) groups excluding carboxylic acids is 7. The number of hydrogen-bond acceptors (Lipinski definition) is 11. The van der Waals surface area contributed by atoms with Gasteiger partial charge in [-0.2, -0.15) is 0 Å². The van der Waals surface area contributed by atoms with Gasteiger partial charge in [0.15, 0.2) is 0 Å². The van der Waals surface area contributed by atoms with Gasteiger partial charge in [-0.25, -0.2) is 14.4 Å². The molecule has 4 heterocycles. The quantitative estimate of drug-likeness (QED) is 0.221. The Bertz CT molecular complexity index is 1240. The Hall–Kier alpha value is -3.66. The van der Waals surface area contributed by atoms with Crippen molar-refractivity contribution in [2.24, 2.45) is 10.8 Å². The van der Waals surface area contributed by atoms with E-state index in [1.165, 1.54) is 14.7 Å². The van der Waals surface area contributed by atoms with Gasteiger partial charge in [-0.15, -0.1) is 12.4 Å². The predicted molar refractivity (Wildman–Crippen MR) is 174 cm³/mol. The standard InChI is InChI=1S/C18H29N3O6.C13H21N3O4.ClH/c1-7-26-14(23)18(5,6)11-21-13(22)12-10-19(8-9-20(12)15(21)24)16(25)27-17(2,3)4;1-4-20-11(18)13(2,3)8-16-10(17)9-7-14-5-6-15(9)12(16)19;/h12H,7-11H2,1-6H3;9,14H,4-8H2,1-3H3;1H/t12-;9-;/m00./s1. The van der Waals surface area contributed by atoms with Crippen LogP contribution in [0.4, 0.5) is 14.4 Å². The lowest BCUT2D eigenvalue weighted by Gasteiger charge is -2.36. The molecule has 0 aliphatic carbocycles. The highest BCUT2D eigenvalue weighted by Crippen LogP contribution is 2.29. The first-order chi connectivity index (χ1) is 21.8. The fourth-order valence-corrected chi connectivity index (χ4v) is 5.59. The summed E-state index contributed by atoms with van der Waals surface area (Å²) in [5.74, 6) is -1.51. The van der Waals surface area contributed by atoms with Crippen LogP contribution < -0.4 is 5.32 Å². The number of piperazine rings is 2. The fourth-order valence-electron chi connectivity index (χ4n) is 5.59. The number of urea groups is 2. The van der Waals surface area contributed by atoms with Crippen molar-refractivity contribution in [3.05, 3.63) is 0 Å². The molecule has 4 saturated heterocycles. The Morgan fingerprint density at radius 2 is 1.19 bits per heavy atom. The predicted octanol–water partition coefficient (Wildman–Crippen LogP) is 1.69. The van der Waals surface area contributed by atoms with Crippen molar-refractivity contribution >= 4 is 54.3 Å². The van der Waals surface area contributed by atoms with E-state index in [9.17, 15) is 33.6 Å². The maximum absolute atomic E-state index is 12.8. The van der Waals surface area contributed by atoms with Gasteiger partial charge < -0.3 is 34.2 Å². The van der Waals surface area contributed by atoms with Gasteiger partial charge in [-0.05, 0) is 62.3 Å². The average molecular weight is 703 g/mol. The Morgan fingerprint density at radius 1 is 0.729 bits per heavy atom. The third-order valence-corrected chi connectivity index (χ3v) is 8.09. The summed E-state index contributed by atoms with van der Waals surface area (Å²) in [6.45, 7) is 18.1. The molecule has 0 aromatic rings. The van der Waals surface area contributed by atoms with Crippen molar-refractivity contribution in [1.29, 1.82) is 0 Å². The number of carbonyl (C=O) groups is 7. The maximum Gasteiger partial charge on any atom is 0.410 e. The van der Waals surface area contributed by atoms with Gasteiger partial charge in [0.25, 0.3) is 11.8 Å². The summed E-state index contributed by atoms with van der Waals surface area (Å²) in [6.07, 6.45) is -0.507. The van der Waals surface area contributed by atoms with Crippen LogP contribution in [0.2, 0.25) is 0 Å². The zero-order valence-electron chi connectivity index (χ0n) is 29.5. The lowest BCUT2D eigenvalue weighted by Crippen LogP contribution is -2.55. The van der Waals surface area contributed by atoms with Crippen LogP contribution in [0.15, 0.2) is 0 Å². The first-order valence-corrected chi connectivity index (χ1v) is 16.0. The lowest BCUT2D eigenvalue weighted by molar-refractivity contribution is -0.155. The highest BCUT2D eigenvalue weighted by Gasteiger charge is 2.51. The van der Waals surface area contributed by atoms with Crippen molar-refractivity contribution in [2.75, 3.05) is 65.6 Å². The molecule has 0 aromatic heterocycles. The first-order valence-electron chi connectivity index (χ1n) is 16.0. The SMILES string of the molecule is CCOC(=O)C(C)(C)CN1C(=O)[C@@H]2CN(C(=O)OC(C)(C)C)CCN2C1=O.CCOC(=O)C(C)(C)CN1C(=O)[C@@H]2CNCCN2C1=O.Cl. The molecule has 16 nitrogen and oxygen atoms in total. The van der Waals surface area contributed by atoms with Gasteiger partial charge in [0.05, 0.1) is 30.6 Å². The average Bonchev–Trinajstić information content (AvgIpc) is 3.36. The number of halogens is 1. The largest absolute Gasteiger partial charge is 0.466 e. The van der Waals surface area contributed by atoms with E-state index in [0.29, 0.717) is 26.2 Å². The van der Waals surface area contributed by atoms with E-state index in [4.69, 9.17) is 14.2 Å². The van der Waals surface area contributed by atoms with Crippen LogP contribution in [-0.2, 0) is 33.4 Å². The topological polar surface area (TPSA) is 175 Å². The van der Waals surface area contributed by atoms with Crippen LogP contribution >= 0.6 is 12.4 Å². The molecule has 4 fully saturated rings. The van der Waals surface area contributed by atoms with E-state index in [1.54, 1.807) is 67.2 Å². The highest BCUT2D eigenvalue weighted by molar-refractivity contribution is 6.05. The van der Waals surface area contributed by atoms with Gasteiger partial charge in [-0.3, -0.25) is 29.0 Å². The van der Waals surface area contributed by atoms with E-state index < -0.39 is 58.5 Å². The second kappa shape index (κ2) is 15.7. The molecule has 0 spiro atoms. The maximum atomic E-state index is 12.8. The molecule has 0 radical (unpaired) electrons. The fraction of sp³-hybridized carbons (Fsp3) is 0.774. The van der Waals surface area contributed by atoms with Crippen molar-refractivity contribution in [3.63, 3.8) is 0 Å². The molecule has 2 atom stereocenters. The summed E-state index contributed by atoms with van der Waals surface area (Å²) in [5, 5.41) is 3.10. The third kappa shape index (κ3) is 9.07. The summed E-state index contributed by atoms with van der Waals surface area (Å²) in [7, 11) is 0. The number of imide groups is 2. The Morgan fingerprint density at radius 3 is 1.62 bits per heavy atom. The van der Waals surface area contributed by atoms with Crippen LogP contribution in [0.1, 0.15) is 62.3 Å². The van der Waals surface area contributed by atoms with Gasteiger partial charge >= 0.3 is 30.1 Å². The van der Waals surface area contributed by atoms with Crippen LogP contribution in [0.5, 0.6) is 0 Å². The first kappa shape index (κ1) is 40.5. The van der Waals surface area contributed by atoms with E-state index in [-0.39, 0.29) is 63.7 Å². The number of nitrogens with one attached hydrogen (secondary N) is 1. The number of ether oxygens (including phenoxy) is 3. The zero-order chi connectivity index (χ0) is 35.5. The molecule has 1 N–H and O–H groups in total. The second-order valence-electron chi connectivity index (χ2n) is 14.2. The Labute approximate surface area is 288 Å². The van der Waals surface area contributed by atoms with Crippen LogP contribution in [0.25, 0.3) is 0 Å². The molecule has 0 unspecified atom stereocenters. The number of nitrogens with zero attached hydrogens (tertiary/aromatic N) is 5. The van der Waals surface area contributed by atoms with Crippen molar-refractivity contribution in [1.82, 2.24) is 29.8 Å².